The lowest BCUT2D eigenvalue weighted by Gasteiger charge is -2.28. The summed E-state index contributed by atoms with van der Waals surface area (Å²) in [5.41, 5.74) is 4.24. The van der Waals surface area contributed by atoms with E-state index in [1.54, 1.807) is 43.3 Å². The number of nitrogens with zero attached hydrogens (tertiary/aromatic N) is 1. The average molecular weight is 585 g/mol. The van der Waals surface area contributed by atoms with E-state index in [2.05, 4.69) is 11.4 Å². The summed E-state index contributed by atoms with van der Waals surface area (Å²) in [6, 6.07) is 26.9. The molecule has 0 heterocycles. The van der Waals surface area contributed by atoms with Crippen LogP contribution in [-0.4, -0.2) is 28.9 Å². The van der Waals surface area contributed by atoms with Gasteiger partial charge in [0.05, 0.1) is 18.0 Å². The Hall–Kier alpha value is -4.69. The van der Waals surface area contributed by atoms with Crippen LogP contribution in [-0.2, 0) is 40.2 Å². The molecule has 0 spiro atoms. The van der Waals surface area contributed by atoms with Crippen molar-refractivity contribution < 1.29 is 24.0 Å². The number of carbonyl (C=O) groups excluding carboxylic acids is 2. The molecule has 1 N–H and O–H groups in total. The average Bonchev–Trinajstić information content (AvgIpc) is 3.36. The smallest absolute Gasteiger partial charge is 0.332 e. The molecule has 0 fully saturated rings. The van der Waals surface area contributed by atoms with Gasteiger partial charge in [0.25, 0.3) is 5.69 Å². The van der Waals surface area contributed by atoms with Gasteiger partial charge in [-0.05, 0) is 64.6 Å². The van der Waals surface area contributed by atoms with Gasteiger partial charge in [0.1, 0.15) is 17.9 Å². The zero-order valence-electron chi connectivity index (χ0n) is 23.0. The first-order chi connectivity index (χ1) is 20.2. The van der Waals surface area contributed by atoms with Gasteiger partial charge in [-0.25, -0.2) is 4.79 Å². The molecule has 4 aromatic rings. The number of nitro benzene ring substituents is 1. The molecule has 0 saturated heterocycles. The van der Waals surface area contributed by atoms with Gasteiger partial charge in [0, 0.05) is 30.0 Å². The van der Waals surface area contributed by atoms with Gasteiger partial charge < -0.3 is 14.8 Å². The number of hydrogen-bond acceptors (Lipinski definition) is 6. The first-order valence-corrected chi connectivity index (χ1v) is 13.9. The third kappa shape index (κ3) is 6.61. The standard InChI is InChI=1S/C33H29ClN2O6/c1-2-41-32(38)33(19-26-9-8-25(18-27(26)20-33)24-10-12-28(34)13-11-24)35-31(37)17-22-6-14-30(15-7-22)42-21-23-4-3-5-29(16-23)36(39)40/h3-16,18H,2,17,19-21H2,1H3,(H,35,37). The SMILES string of the molecule is CCOC(=O)C1(NC(=O)Cc2ccc(OCc3cccc([N+](=O)[O-])c3)cc2)Cc2ccc(-c3ccc(Cl)cc3)cc2C1. The van der Waals surface area contributed by atoms with Crippen LogP contribution >= 0.6 is 11.6 Å². The molecule has 1 unspecified atom stereocenters. The van der Waals surface area contributed by atoms with Crippen LogP contribution in [0.15, 0.2) is 91.0 Å². The molecule has 0 aliphatic heterocycles. The lowest BCUT2D eigenvalue weighted by atomic mass is 9.95. The Kier molecular flexibility index (Phi) is 8.54. The molecule has 1 atom stereocenters. The molecule has 4 aromatic carbocycles. The summed E-state index contributed by atoms with van der Waals surface area (Å²) in [6.45, 7) is 2.13. The Labute approximate surface area is 248 Å². The minimum atomic E-state index is -1.19. The van der Waals surface area contributed by atoms with Gasteiger partial charge in [-0.3, -0.25) is 14.9 Å². The van der Waals surface area contributed by atoms with Gasteiger partial charge in [-0.2, -0.15) is 0 Å². The molecule has 1 aliphatic carbocycles. The van der Waals surface area contributed by atoms with E-state index in [0.717, 1.165) is 27.8 Å². The molecule has 9 heteroatoms. The fourth-order valence-corrected chi connectivity index (χ4v) is 5.30. The van der Waals surface area contributed by atoms with Crippen LogP contribution in [0.4, 0.5) is 5.69 Å². The maximum absolute atomic E-state index is 13.2. The number of non-ortho nitro benzene ring substituents is 1. The second kappa shape index (κ2) is 12.4. The number of ether oxygens (including phenoxy) is 2. The highest BCUT2D eigenvalue weighted by molar-refractivity contribution is 6.30. The van der Waals surface area contributed by atoms with E-state index < -0.39 is 16.4 Å². The predicted molar refractivity (Wildman–Crippen MR) is 159 cm³/mol. The number of esters is 1. The lowest BCUT2D eigenvalue weighted by Crippen LogP contribution is -2.56. The van der Waals surface area contributed by atoms with E-state index in [1.807, 2.05) is 36.4 Å². The maximum atomic E-state index is 13.2. The van der Waals surface area contributed by atoms with Crippen molar-refractivity contribution in [2.24, 2.45) is 0 Å². The highest BCUT2D eigenvalue weighted by atomic mass is 35.5. The minimum Gasteiger partial charge on any atom is -0.489 e. The highest BCUT2D eigenvalue weighted by Crippen LogP contribution is 2.35. The van der Waals surface area contributed by atoms with E-state index in [0.29, 0.717) is 29.2 Å². The van der Waals surface area contributed by atoms with Gasteiger partial charge in [-0.15, -0.1) is 0 Å². The Balaban J connectivity index is 1.25. The second-order valence-electron chi connectivity index (χ2n) is 10.2. The monoisotopic (exact) mass is 584 g/mol. The van der Waals surface area contributed by atoms with Crippen LogP contribution < -0.4 is 10.1 Å². The summed E-state index contributed by atoms with van der Waals surface area (Å²) in [6.07, 6.45) is 0.746. The number of nitro groups is 1. The predicted octanol–water partition coefficient (Wildman–Crippen LogP) is 6.25. The van der Waals surface area contributed by atoms with Gasteiger partial charge in [0.15, 0.2) is 0 Å². The Morgan fingerprint density at radius 2 is 1.62 bits per heavy atom. The number of rotatable bonds is 10. The summed E-state index contributed by atoms with van der Waals surface area (Å²) in [5, 5.41) is 14.6. The van der Waals surface area contributed by atoms with Crippen LogP contribution in [0.2, 0.25) is 5.02 Å². The number of hydrogen-bond donors (Lipinski definition) is 1. The van der Waals surface area contributed by atoms with E-state index >= 15 is 0 Å². The number of halogens is 1. The van der Waals surface area contributed by atoms with Crippen molar-refractivity contribution in [3.05, 3.63) is 128 Å². The largest absolute Gasteiger partial charge is 0.489 e. The molecular formula is C33H29ClN2O6. The molecule has 214 valence electrons. The van der Waals surface area contributed by atoms with Crippen molar-refractivity contribution in [2.75, 3.05) is 6.61 Å². The fourth-order valence-electron chi connectivity index (χ4n) is 5.18. The van der Waals surface area contributed by atoms with Crippen LogP contribution in [0.5, 0.6) is 5.75 Å². The van der Waals surface area contributed by atoms with E-state index in [4.69, 9.17) is 21.1 Å². The van der Waals surface area contributed by atoms with Gasteiger partial charge in [-0.1, -0.05) is 66.2 Å². The van der Waals surface area contributed by atoms with Crippen molar-refractivity contribution in [1.82, 2.24) is 5.32 Å². The summed E-state index contributed by atoms with van der Waals surface area (Å²) < 4.78 is 11.2. The molecule has 0 aromatic heterocycles. The molecule has 1 amide bonds. The maximum Gasteiger partial charge on any atom is 0.332 e. The van der Waals surface area contributed by atoms with Crippen LogP contribution in [0.1, 0.15) is 29.2 Å². The summed E-state index contributed by atoms with van der Waals surface area (Å²) in [5.74, 6) is -0.178. The number of fused-ring (bicyclic) bond motifs is 1. The molecule has 0 bridgehead atoms. The van der Waals surface area contributed by atoms with Crippen molar-refractivity contribution in [2.45, 2.75) is 38.3 Å². The molecule has 42 heavy (non-hydrogen) atoms. The number of benzene rings is 4. The van der Waals surface area contributed by atoms with Crippen LogP contribution in [0.3, 0.4) is 0 Å². The third-order valence-electron chi connectivity index (χ3n) is 7.23. The molecule has 0 saturated carbocycles. The van der Waals surface area contributed by atoms with Crippen molar-refractivity contribution >= 4 is 29.2 Å². The summed E-state index contributed by atoms with van der Waals surface area (Å²) >= 11 is 6.04. The topological polar surface area (TPSA) is 108 Å². The zero-order valence-corrected chi connectivity index (χ0v) is 23.7. The molecule has 5 rings (SSSR count). The summed E-state index contributed by atoms with van der Waals surface area (Å²) in [4.78, 5) is 37.0. The van der Waals surface area contributed by atoms with Crippen molar-refractivity contribution in [1.29, 1.82) is 0 Å². The Morgan fingerprint density at radius 3 is 2.33 bits per heavy atom. The summed E-state index contributed by atoms with van der Waals surface area (Å²) in [7, 11) is 0. The third-order valence-corrected chi connectivity index (χ3v) is 7.48. The van der Waals surface area contributed by atoms with Gasteiger partial charge >= 0.3 is 5.97 Å². The number of nitrogens with one attached hydrogen (secondary N) is 1. The number of carbonyl (C=O) groups is 2. The Morgan fingerprint density at radius 1 is 0.905 bits per heavy atom. The lowest BCUT2D eigenvalue weighted by molar-refractivity contribution is -0.384. The zero-order chi connectivity index (χ0) is 29.7. The molecule has 8 nitrogen and oxygen atoms in total. The highest BCUT2D eigenvalue weighted by Gasteiger charge is 2.46. The molecule has 1 aliphatic rings. The van der Waals surface area contributed by atoms with Crippen LogP contribution in [0, 0.1) is 10.1 Å². The first kappa shape index (κ1) is 28.8. The van der Waals surface area contributed by atoms with E-state index in [-0.39, 0.29) is 31.2 Å². The molecule has 0 radical (unpaired) electrons. The Bertz CT molecular complexity index is 1620. The van der Waals surface area contributed by atoms with Gasteiger partial charge in [0.2, 0.25) is 5.91 Å². The fraction of sp³-hybridized carbons (Fsp3) is 0.212. The second-order valence-corrected chi connectivity index (χ2v) is 10.7. The first-order valence-electron chi connectivity index (χ1n) is 13.6. The van der Waals surface area contributed by atoms with E-state index in [1.165, 1.54) is 12.1 Å². The quantitative estimate of drug-likeness (QED) is 0.134. The number of amides is 1. The minimum absolute atomic E-state index is 0.00501. The normalized spacial score (nSPS) is 15.5. The molecular weight excluding hydrogens is 556 g/mol. The van der Waals surface area contributed by atoms with Crippen molar-refractivity contribution in [3.63, 3.8) is 0 Å². The van der Waals surface area contributed by atoms with Crippen LogP contribution in [0.25, 0.3) is 11.1 Å². The van der Waals surface area contributed by atoms with E-state index in [9.17, 15) is 19.7 Å². The van der Waals surface area contributed by atoms with Crippen molar-refractivity contribution in [3.8, 4) is 16.9 Å².